The fourth-order valence-corrected chi connectivity index (χ4v) is 2.67. The largest absolute Gasteiger partial charge is 0.352 e. The molecule has 1 aliphatic carbocycles. The molecule has 6 heteroatoms. The first kappa shape index (κ1) is 12.8. The van der Waals surface area contributed by atoms with Crippen molar-refractivity contribution in [1.82, 2.24) is 19.7 Å². The van der Waals surface area contributed by atoms with Crippen molar-refractivity contribution in [1.29, 1.82) is 0 Å². The molecule has 110 valence electrons. The number of aromatic nitrogens is 4. The molecule has 4 rings (SSSR count). The second-order valence-electron chi connectivity index (χ2n) is 5.33. The highest BCUT2D eigenvalue weighted by Gasteiger charge is 2.14. The number of benzene rings is 1. The van der Waals surface area contributed by atoms with Crippen LogP contribution in [0.1, 0.15) is 12.8 Å². The predicted molar refractivity (Wildman–Crippen MR) is 85.3 cm³/mol. The first-order valence-corrected chi connectivity index (χ1v) is 7.26. The molecule has 0 bridgehead atoms. The number of nitrogens with one attached hydrogen (secondary N) is 2. The number of fused-ring (bicyclic) bond motifs is 1. The second kappa shape index (κ2) is 5.14. The van der Waals surface area contributed by atoms with E-state index >= 15 is 0 Å². The van der Waals surface area contributed by atoms with Crippen LogP contribution in [0.4, 0.5) is 5.95 Å². The van der Waals surface area contributed by atoms with Crippen LogP contribution in [0.2, 0.25) is 0 Å². The monoisotopic (exact) mass is 293 g/mol. The summed E-state index contributed by atoms with van der Waals surface area (Å²) in [7, 11) is 0. The van der Waals surface area contributed by atoms with Crippen molar-refractivity contribution >= 4 is 17.0 Å². The van der Waals surface area contributed by atoms with Crippen LogP contribution in [0.15, 0.2) is 53.5 Å². The van der Waals surface area contributed by atoms with Crippen molar-refractivity contribution < 1.29 is 0 Å². The topological polar surface area (TPSA) is 75.6 Å². The minimum absolute atomic E-state index is 0.180. The van der Waals surface area contributed by atoms with Crippen molar-refractivity contribution in [2.75, 3.05) is 5.32 Å². The number of rotatable bonds is 3. The van der Waals surface area contributed by atoms with Gasteiger partial charge in [0.25, 0.3) is 5.56 Å². The van der Waals surface area contributed by atoms with Gasteiger partial charge in [-0.15, -0.1) is 0 Å². The van der Waals surface area contributed by atoms with E-state index in [1.54, 1.807) is 10.9 Å². The number of para-hydroxylation sites is 1. The maximum Gasteiger partial charge on any atom is 0.263 e. The van der Waals surface area contributed by atoms with Gasteiger partial charge in [0.1, 0.15) is 5.39 Å². The summed E-state index contributed by atoms with van der Waals surface area (Å²) in [6, 6.07) is 9.95. The van der Waals surface area contributed by atoms with E-state index < -0.39 is 0 Å². The van der Waals surface area contributed by atoms with Crippen molar-refractivity contribution in [2.45, 2.75) is 18.9 Å². The maximum atomic E-state index is 12.2. The number of hydrogen-bond donors (Lipinski definition) is 2. The molecule has 3 aromatic rings. The summed E-state index contributed by atoms with van der Waals surface area (Å²) in [4.78, 5) is 19.5. The number of hydrogen-bond acceptors (Lipinski definition) is 4. The Labute approximate surface area is 126 Å². The highest BCUT2D eigenvalue weighted by atomic mass is 16.1. The Morgan fingerprint density at radius 3 is 2.73 bits per heavy atom. The van der Waals surface area contributed by atoms with Crippen molar-refractivity contribution in [2.24, 2.45) is 0 Å². The first-order chi connectivity index (χ1) is 10.8. The van der Waals surface area contributed by atoms with E-state index in [9.17, 15) is 4.79 Å². The van der Waals surface area contributed by atoms with Gasteiger partial charge in [-0.1, -0.05) is 30.4 Å². The third-order valence-corrected chi connectivity index (χ3v) is 3.79. The van der Waals surface area contributed by atoms with Crippen LogP contribution in [-0.4, -0.2) is 25.8 Å². The molecule has 6 nitrogen and oxygen atoms in total. The van der Waals surface area contributed by atoms with Crippen LogP contribution < -0.4 is 10.9 Å². The van der Waals surface area contributed by atoms with E-state index in [0.717, 1.165) is 18.5 Å². The lowest BCUT2D eigenvalue weighted by Gasteiger charge is -2.12. The van der Waals surface area contributed by atoms with Gasteiger partial charge in [0.15, 0.2) is 5.65 Å². The molecule has 0 unspecified atom stereocenters. The van der Waals surface area contributed by atoms with Crippen LogP contribution in [0.25, 0.3) is 16.7 Å². The molecule has 0 saturated heterocycles. The highest BCUT2D eigenvalue weighted by molar-refractivity contribution is 5.76. The fraction of sp³-hybridized carbons (Fsp3) is 0.188. The molecule has 22 heavy (non-hydrogen) atoms. The summed E-state index contributed by atoms with van der Waals surface area (Å²) in [5.41, 5.74) is 1.26. The Bertz CT molecular complexity index is 886. The molecule has 2 heterocycles. The lowest BCUT2D eigenvalue weighted by Crippen LogP contribution is -2.20. The van der Waals surface area contributed by atoms with Gasteiger partial charge in [-0.25, -0.2) is 4.68 Å². The van der Waals surface area contributed by atoms with Gasteiger partial charge in [0.05, 0.1) is 11.9 Å². The number of anilines is 1. The van der Waals surface area contributed by atoms with E-state index in [2.05, 4.69) is 32.5 Å². The zero-order chi connectivity index (χ0) is 14.9. The molecule has 0 radical (unpaired) electrons. The fourth-order valence-electron chi connectivity index (χ4n) is 2.67. The zero-order valence-corrected chi connectivity index (χ0v) is 11.9. The van der Waals surface area contributed by atoms with Gasteiger partial charge in [0.2, 0.25) is 5.95 Å². The average molecular weight is 293 g/mol. The predicted octanol–water partition coefficient (Wildman–Crippen LogP) is 2.24. The molecule has 2 aromatic heterocycles. The van der Waals surface area contributed by atoms with E-state index in [0.29, 0.717) is 17.0 Å². The SMILES string of the molecule is O=c1[nH]c(NC2CC=CC2)nc2c1cnn2-c1ccccc1. The lowest BCUT2D eigenvalue weighted by molar-refractivity contribution is 0.772. The summed E-state index contributed by atoms with van der Waals surface area (Å²) >= 11 is 0. The smallest absolute Gasteiger partial charge is 0.263 e. The molecule has 0 aliphatic heterocycles. The van der Waals surface area contributed by atoms with E-state index in [1.165, 1.54) is 0 Å². The third-order valence-electron chi connectivity index (χ3n) is 3.79. The molecular formula is C16H15N5O. The minimum atomic E-state index is -0.180. The van der Waals surface area contributed by atoms with Gasteiger partial charge in [-0.3, -0.25) is 9.78 Å². The lowest BCUT2D eigenvalue weighted by atomic mass is 10.2. The highest BCUT2D eigenvalue weighted by Crippen LogP contribution is 2.17. The van der Waals surface area contributed by atoms with E-state index in [1.807, 2.05) is 30.3 Å². The van der Waals surface area contributed by atoms with Crippen molar-refractivity contribution in [3.8, 4) is 5.69 Å². The number of aromatic amines is 1. The first-order valence-electron chi connectivity index (χ1n) is 7.26. The van der Waals surface area contributed by atoms with Gasteiger partial charge in [0, 0.05) is 6.04 Å². The van der Waals surface area contributed by atoms with Gasteiger partial charge in [-0.2, -0.15) is 10.1 Å². The summed E-state index contributed by atoms with van der Waals surface area (Å²) < 4.78 is 1.68. The Morgan fingerprint density at radius 1 is 1.18 bits per heavy atom. The Kier molecular flexibility index (Phi) is 3.00. The van der Waals surface area contributed by atoms with E-state index in [-0.39, 0.29) is 11.6 Å². The van der Waals surface area contributed by atoms with Crippen molar-refractivity contribution in [3.05, 3.63) is 59.0 Å². The van der Waals surface area contributed by atoms with Crippen LogP contribution in [0.5, 0.6) is 0 Å². The van der Waals surface area contributed by atoms with Gasteiger partial charge in [-0.05, 0) is 25.0 Å². The molecule has 0 saturated carbocycles. The Hall–Kier alpha value is -2.89. The van der Waals surface area contributed by atoms with Gasteiger partial charge >= 0.3 is 0 Å². The molecule has 0 atom stereocenters. The summed E-state index contributed by atoms with van der Waals surface area (Å²) in [6.07, 6.45) is 7.69. The zero-order valence-electron chi connectivity index (χ0n) is 11.9. The minimum Gasteiger partial charge on any atom is -0.352 e. The molecule has 0 fully saturated rings. The third kappa shape index (κ3) is 2.18. The average Bonchev–Trinajstić information content (AvgIpc) is 3.18. The van der Waals surface area contributed by atoms with E-state index in [4.69, 9.17) is 0 Å². The van der Waals surface area contributed by atoms with Crippen molar-refractivity contribution in [3.63, 3.8) is 0 Å². The summed E-state index contributed by atoms with van der Waals surface area (Å²) in [5, 5.41) is 8.05. The normalized spacial score (nSPS) is 14.7. The Morgan fingerprint density at radius 2 is 1.95 bits per heavy atom. The number of nitrogens with zero attached hydrogens (tertiary/aromatic N) is 3. The molecule has 1 aromatic carbocycles. The van der Waals surface area contributed by atoms with Crippen LogP contribution in [0, 0.1) is 0 Å². The number of H-pyrrole nitrogens is 1. The van der Waals surface area contributed by atoms with Crippen LogP contribution in [-0.2, 0) is 0 Å². The quantitative estimate of drug-likeness (QED) is 0.726. The molecule has 0 spiro atoms. The second-order valence-corrected chi connectivity index (χ2v) is 5.33. The standard InChI is InChI=1S/C16H15N5O/c22-15-13-10-17-21(12-8-2-1-3-9-12)14(13)19-16(20-15)18-11-6-4-5-7-11/h1-5,8-11H,6-7H2,(H2,18,19,20,22). The molecule has 1 aliphatic rings. The van der Waals surface area contributed by atoms with Crippen LogP contribution in [0.3, 0.4) is 0 Å². The molecule has 2 N–H and O–H groups in total. The summed E-state index contributed by atoms with van der Waals surface area (Å²) in [6.45, 7) is 0. The molecular weight excluding hydrogens is 278 g/mol. The summed E-state index contributed by atoms with van der Waals surface area (Å²) in [5.74, 6) is 0.490. The Balaban J connectivity index is 1.79. The maximum absolute atomic E-state index is 12.2. The van der Waals surface area contributed by atoms with Gasteiger partial charge < -0.3 is 5.32 Å². The van der Waals surface area contributed by atoms with Crippen LogP contribution >= 0.6 is 0 Å². The molecule has 0 amide bonds.